The van der Waals surface area contributed by atoms with Gasteiger partial charge in [-0.2, -0.15) is 0 Å². The van der Waals surface area contributed by atoms with Gasteiger partial charge < -0.3 is 10.6 Å². The maximum Gasteiger partial charge on any atom is 0.262 e. The number of carbonyl (C=O) groups excluding carboxylic acids is 2. The molecule has 3 aromatic rings. The fourth-order valence-corrected chi connectivity index (χ4v) is 5.35. The zero-order valence-electron chi connectivity index (χ0n) is 18.7. The van der Waals surface area contributed by atoms with Crippen LogP contribution in [0.15, 0.2) is 29.3 Å². The van der Waals surface area contributed by atoms with Crippen molar-refractivity contribution in [3.8, 4) is 0 Å². The van der Waals surface area contributed by atoms with Gasteiger partial charge in [0.15, 0.2) is 0 Å². The molecule has 0 bridgehead atoms. The zero-order valence-corrected chi connectivity index (χ0v) is 20.3. The number of amides is 2. The lowest BCUT2D eigenvalue weighted by Crippen LogP contribution is -2.36. The average Bonchev–Trinajstić information content (AvgIpc) is 3.09. The standard InChI is InChI=1S/C24H27ClN4O3S/c1-14-15(2)33-23-21(14)24(32)29(13-26-23)11-10-20(30)27-17-8-9-19(25)18(12-17)22(31)28-16-6-4-3-5-7-16/h8-9,12-13,16H,3-7,10-11H2,1-2H3,(H,27,30)(H,28,31). The van der Waals surface area contributed by atoms with Gasteiger partial charge >= 0.3 is 0 Å². The third-order valence-electron chi connectivity index (χ3n) is 6.17. The van der Waals surface area contributed by atoms with Crippen LogP contribution >= 0.6 is 22.9 Å². The van der Waals surface area contributed by atoms with Gasteiger partial charge in [-0.05, 0) is 50.5 Å². The Bertz CT molecular complexity index is 1260. The Morgan fingerprint density at radius 1 is 1.21 bits per heavy atom. The predicted octanol–water partition coefficient (Wildman–Crippen LogP) is 4.82. The van der Waals surface area contributed by atoms with E-state index in [1.165, 1.54) is 28.7 Å². The molecule has 1 aliphatic carbocycles. The molecule has 2 N–H and O–H groups in total. The Labute approximate surface area is 201 Å². The number of rotatable bonds is 6. The summed E-state index contributed by atoms with van der Waals surface area (Å²) in [6, 6.07) is 5.03. The summed E-state index contributed by atoms with van der Waals surface area (Å²) in [7, 11) is 0. The lowest BCUT2D eigenvalue weighted by molar-refractivity contribution is -0.116. The van der Waals surface area contributed by atoms with Gasteiger partial charge in [0.25, 0.3) is 11.5 Å². The van der Waals surface area contributed by atoms with Gasteiger partial charge in [-0.25, -0.2) is 4.98 Å². The van der Waals surface area contributed by atoms with Crippen molar-refractivity contribution in [3.63, 3.8) is 0 Å². The highest BCUT2D eigenvalue weighted by molar-refractivity contribution is 7.18. The minimum Gasteiger partial charge on any atom is -0.349 e. The number of aryl methyl sites for hydroxylation is 3. The molecule has 2 amide bonds. The largest absolute Gasteiger partial charge is 0.349 e. The molecule has 1 saturated carbocycles. The molecule has 0 aliphatic heterocycles. The van der Waals surface area contributed by atoms with Crippen molar-refractivity contribution in [3.05, 3.63) is 55.9 Å². The van der Waals surface area contributed by atoms with E-state index in [-0.39, 0.29) is 36.4 Å². The number of fused-ring (bicyclic) bond motifs is 1. The van der Waals surface area contributed by atoms with Crippen LogP contribution in [0.5, 0.6) is 0 Å². The highest BCUT2D eigenvalue weighted by atomic mass is 35.5. The van der Waals surface area contributed by atoms with Crippen molar-refractivity contribution in [2.75, 3.05) is 5.32 Å². The highest BCUT2D eigenvalue weighted by Gasteiger charge is 2.19. The first-order valence-corrected chi connectivity index (χ1v) is 12.4. The van der Waals surface area contributed by atoms with E-state index < -0.39 is 0 Å². The van der Waals surface area contributed by atoms with Crippen LogP contribution in [0.2, 0.25) is 5.02 Å². The van der Waals surface area contributed by atoms with Crippen molar-refractivity contribution in [1.29, 1.82) is 0 Å². The lowest BCUT2D eigenvalue weighted by Gasteiger charge is -2.23. The second kappa shape index (κ2) is 10.1. The number of nitrogens with zero attached hydrogens (tertiary/aromatic N) is 2. The number of halogens is 1. The maximum absolute atomic E-state index is 12.8. The van der Waals surface area contributed by atoms with E-state index in [0.717, 1.165) is 41.0 Å². The van der Waals surface area contributed by atoms with Gasteiger partial charge in [-0.3, -0.25) is 19.0 Å². The van der Waals surface area contributed by atoms with Gasteiger partial charge in [0, 0.05) is 29.6 Å². The summed E-state index contributed by atoms with van der Waals surface area (Å²) < 4.78 is 1.46. The number of benzene rings is 1. The predicted molar refractivity (Wildman–Crippen MR) is 132 cm³/mol. The van der Waals surface area contributed by atoms with E-state index >= 15 is 0 Å². The zero-order chi connectivity index (χ0) is 23.5. The number of thiophene rings is 1. The van der Waals surface area contributed by atoms with Crippen LogP contribution in [0.1, 0.15) is 59.3 Å². The third-order valence-corrected chi connectivity index (χ3v) is 7.62. The van der Waals surface area contributed by atoms with E-state index in [1.807, 2.05) is 13.8 Å². The van der Waals surface area contributed by atoms with Crippen LogP contribution < -0.4 is 16.2 Å². The number of hydrogen-bond acceptors (Lipinski definition) is 5. The van der Waals surface area contributed by atoms with Crippen LogP contribution in [0.25, 0.3) is 10.2 Å². The first-order valence-electron chi connectivity index (χ1n) is 11.2. The van der Waals surface area contributed by atoms with E-state index in [0.29, 0.717) is 21.7 Å². The van der Waals surface area contributed by atoms with Crippen molar-refractivity contribution < 1.29 is 9.59 Å². The molecular weight excluding hydrogens is 460 g/mol. The molecule has 9 heteroatoms. The van der Waals surface area contributed by atoms with E-state index in [4.69, 9.17) is 11.6 Å². The molecule has 174 valence electrons. The Balaban J connectivity index is 1.40. The fourth-order valence-electron chi connectivity index (χ4n) is 4.16. The maximum atomic E-state index is 12.8. The Morgan fingerprint density at radius 3 is 2.73 bits per heavy atom. The Morgan fingerprint density at radius 2 is 1.97 bits per heavy atom. The average molecular weight is 487 g/mol. The second-order valence-electron chi connectivity index (χ2n) is 8.51. The normalized spacial score (nSPS) is 14.4. The van der Waals surface area contributed by atoms with Crippen molar-refractivity contribution in [2.24, 2.45) is 0 Å². The molecule has 4 rings (SSSR count). The molecule has 33 heavy (non-hydrogen) atoms. The monoisotopic (exact) mass is 486 g/mol. The van der Waals surface area contributed by atoms with Crippen LogP contribution in [-0.4, -0.2) is 27.4 Å². The van der Waals surface area contributed by atoms with E-state index in [2.05, 4.69) is 15.6 Å². The smallest absolute Gasteiger partial charge is 0.262 e. The lowest BCUT2D eigenvalue weighted by atomic mass is 9.95. The summed E-state index contributed by atoms with van der Waals surface area (Å²) in [4.78, 5) is 44.2. The molecule has 1 aliphatic rings. The molecule has 1 fully saturated rings. The molecule has 1 aromatic carbocycles. The molecule has 7 nitrogen and oxygen atoms in total. The van der Waals surface area contributed by atoms with Crippen LogP contribution in [0.3, 0.4) is 0 Å². The van der Waals surface area contributed by atoms with Crippen molar-refractivity contribution >= 4 is 50.7 Å². The Kier molecular flexibility index (Phi) is 7.14. The first-order chi connectivity index (χ1) is 15.8. The molecule has 2 heterocycles. The summed E-state index contributed by atoms with van der Waals surface area (Å²) in [6.07, 6.45) is 6.98. The number of anilines is 1. The minimum absolute atomic E-state index is 0.0987. The van der Waals surface area contributed by atoms with Gasteiger partial charge in [0.05, 0.1) is 22.3 Å². The molecule has 0 saturated heterocycles. The summed E-state index contributed by atoms with van der Waals surface area (Å²) in [6.45, 7) is 4.09. The van der Waals surface area contributed by atoms with Gasteiger partial charge in [0.2, 0.25) is 5.91 Å². The van der Waals surface area contributed by atoms with E-state index in [1.54, 1.807) is 18.2 Å². The first kappa shape index (κ1) is 23.4. The van der Waals surface area contributed by atoms with Crippen LogP contribution in [0.4, 0.5) is 5.69 Å². The molecular formula is C24H27ClN4O3S. The molecule has 2 aromatic heterocycles. The van der Waals surface area contributed by atoms with E-state index in [9.17, 15) is 14.4 Å². The minimum atomic E-state index is -0.263. The molecule has 0 unspecified atom stereocenters. The second-order valence-corrected chi connectivity index (χ2v) is 10.1. The SMILES string of the molecule is Cc1sc2ncn(CCC(=O)Nc3ccc(Cl)c(C(=O)NC4CCCCC4)c3)c(=O)c2c1C. The van der Waals surface area contributed by atoms with Crippen molar-refractivity contribution in [2.45, 2.75) is 65.0 Å². The summed E-state index contributed by atoms with van der Waals surface area (Å²) in [5.41, 5.74) is 1.63. The molecule has 0 radical (unpaired) electrons. The molecule has 0 spiro atoms. The summed E-state index contributed by atoms with van der Waals surface area (Å²) >= 11 is 7.74. The van der Waals surface area contributed by atoms with Crippen LogP contribution in [0, 0.1) is 13.8 Å². The number of aromatic nitrogens is 2. The highest BCUT2D eigenvalue weighted by Crippen LogP contribution is 2.26. The van der Waals surface area contributed by atoms with Crippen molar-refractivity contribution in [1.82, 2.24) is 14.9 Å². The number of hydrogen-bond donors (Lipinski definition) is 2. The number of carbonyl (C=O) groups is 2. The number of nitrogens with one attached hydrogen (secondary N) is 2. The topological polar surface area (TPSA) is 93.1 Å². The quantitative estimate of drug-likeness (QED) is 0.522. The van der Waals surface area contributed by atoms with Gasteiger partial charge in [-0.15, -0.1) is 11.3 Å². The molecule has 0 atom stereocenters. The van der Waals surface area contributed by atoms with Gasteiger partial charge in [-0.1, -0.05) is 30.9 Å². The van der Waals surface area contributed by atoms with Crippen LogP contribution in [-0.2, 0) is 11.3 Å². The summed E-state index contributed by atoms with van der Waals surface area (Å²) in [5, 5.41) is 6.81. The van der Waals surface area contributed by atoms with Gasteiger partial charge in [0.1, 0.15) is 4.83 Å². The summed E-state index contributed by atoms with van der Waals surface area (Å²) in [5.74, 6) is -0.489. The third kappa shape index (κ3) is 5.28. The Hall–Kier alpha value is -2.71. The fraction of sp³-hybridized carbons (Fsp3) is 0.417.